The predicted octanol–water partition coefficient (Wildman–Crippen LogP) is 1.15. The largest absolute Gasteiger partial charge is 0.488 e. The summed E-state index contributed by atoms with van der Waals surface area (Å²) in [4.78, 5) is 16.9. The average molecular weight is 277 g/mol. The summed E-state index contributed by atoms with van der Waals surface area (Å²) in [5.41, 5.74) is 1.64. The number of benzene rings is 1. The molecule has 0 spiro atoms. The van der Waals surface area contributed by atoms with Crippen molar-refractivity contribution in [1.82, 2.24) is 9.78 Å². The highest BCUT2D eigenvalue weighted by molar-refractivity contribution is 5.53. The maximum Gasteiger partial charge on any atom is 0.443 e. The first kappa shape index (κ1) is 12.7. The zero-order chi connectivity index (χ0) is 14.3. The molecule has 2 heterocycles. The van der Waals surface area contributed by atoms with Gasteiger partial charge in [0, 0.05) is 19.0 Å². The van der Waals surface area contributed by atoms with Crippen LogP contribution in [0.5, 0.6) is 5.75 Å². The van der Waals surface area contributed by atoms with E-state index in [2.05, 4.69) is 5.10 Å². The minimum atomic E-state index is -0.583. The Balaban J connectivity index is 2.09. The number of rotatable bonds is 3. The van der Waals surface area contributed by atoms with E-state index in [9.17, 15) is 4.79 Å². The minimum Gasteiger partial charge on any atom is -0.488 e. The van der Waals surface area contributed by atoms with Gasteiger partial charge in [0.05, 0.1) is 7.11 Å². The van der Waals surface area contributed by atoms with Crippen LogP contribution in [0.2, 0.25) is 0 Å². The molecule has 0 amide bonds. The van der Waals surface area contributed by atoms with Gasteiger partial charge in [-0.15, -0.1) is 5.10 Å². The quantitative estimate of drug-likeness (QED) is 0.784. The number of hydroxylamine groups is 1. The van der Waals surface area contributed by atoms with Gasteiger partial charge in [0.25, 0.3) is 0 Å². The van der Waals surface area contributed by atoms with E-state index in [1.54, 1.807) is 13.1 Å². The van der Waals surface area contributed by atoms with E-state index in [-0.39, 0.29) is 12.1 Å². The second-order valence-electron chi connectivity index (χ2n) is 4.64. The first-order chi connectivity index (χ1) is 9.60. The fourth-order valence-corrected chi connectivity index (χ4v) is 2.21. The summed E-state index contributed by atoms with van der Waals surface area (Å²) in [6, 6.07) is 5.71. The molecular formula is C13H15N3O4. The lowest BCUT2D eigenvalue weighted by Gasteiger charge is -2.09. The van der Waals surface area contributed by atoms with Gasteiger partial charge < -0.3 is 9.15 Å². The lowest BCUT2D eigenvalue weighted by atomic mass is 10.1. The maximum absolute atomic E-state index is 11.9. The Morgan fingerprint density at radius 2 is 2.30 bits per heavy atom. The van der Waals surface area contributed by atoms with E-state index < -0.39 is 5.76 Å². The van der Waals surface area contributed by atoms with Gasteiger partial charge in [0.15, 0.2) is 0 Å². The first-order valence-corrected chi connectivity index (χ1v) is 6.27. The van der Waals surface area contributed by atoms with Crippen LogP contribution in [-0.4, -0.2) is 30.0 Å². The van der Waals surface area contributed by atoms with Crippen LogP contribution in [0.3, 0.4) is 0 Å². The Hall–Kier alpha value is -2.28. The molecule has 20 heavy (non-hydrogen) atoms. The summed E-state index contributed by atoms with van der Waals surface area (Å²) < 4.78 is 12.0. The van der Waals surface area contributed by atoms with Crippen molar-refractivity contribution in [2.45, 2.75) is 19.4 Å². The zero-order valence-corrected chi connectivity index (χ0v) is 11.5. The van der Waals surface area contributed by atoms with Gasteiger partial charge in [-0.3, -0.25) is 4.84 Å². The van der Waals surface area contributed by atoms with Crippen molar-refractivity contribution in [3.63, 3.8) is 0 Å². The number of fused-ring (bicyclic) bond motifs is 1. The van der Waals surface area contributed by atoms with Crippen molar-refractivity contribution in [1.29, 1.82) is 0 Å². The molecule has 1 aromatic heterocycles. The summed E-state index contributed by atoms with van der Waals surface area (Å²) in [5, 5.41) is 5.38. The SMILES string of the molecule is CON(C)c1nn(-c2cccc3c2OC(C)C3)c(=O)o1. The molecule has 0 saturated carbocycles. The van der Waals surface area contributed by atoms with Crippen LogP contribution >= 0.6 is 0 Å². The molecule has 0 bridgehead atoms. The highest BCUT2D eigenvalue weighted by Gasteiger charge is 2.25. The Labute approximate surface area is 115 Å². The standard InChI is InChI=1S/C13H15N3O4/c1-8-7-9-5-4-6-10(11(9)19-8)16-13(17)20-12(14-16)15(2)18-3/h4-6,8H,7H2,1-3H3. The van der Waals surface area contributed by atoms with E-state index in [0.717, 1.165) is 12.0 Å². The fraction of sp³-hybridized carbons (Fsp3) is 0.385. The topological polar surface area (TPSA) is 69.7 Å². The van der Waals surface area contributed by atoms with Crippen molar-refractivity contribution in [3.8, 4) is 11.4 Å². The lowest BCUT2D eigenvalue weighted by Crippen LogP contribution is -2.16. The Morgan fingerprint density at radius 3 is 3.05 bits per heavy atom. The molecule has 0 N–H and O–H groups in total. The molecule has 2 aromatic rings. The highest BCUT2D eigenvalue weighted by Crippen LogP contribution is 2.34. The molecule has 0 fully saturated rings. The monoisotopic (exact) mass is 277 g/mol. The minimum absolute atomic E-state index is 0.0844. The third-order valence-electron chi connectivity index (χ3n) is 3.21. The second-order valence-corrected chi connectivity index (χ2v) is 4.64. The van der Waals surface area contributed by atoms with Gasteiger partial charge in [-0.1, -0.05) is 12.1 Å². The highest BCUT2D eigenvalue weighted by atomic mass is 16.7. The van der Waals surface area contributed by atoms with Gasteiger partial charge in [0.2, 0.25) is 0 Å². The number of hydrogen-bond donors (Lipinski definition) is 0. The average Bonchev–Trinajstić information content (AvgIpc) is 2.99. The molecule has 3 rings (SSSR count). The number of para-hydroxylation sites is 1. The molecule has 1 aromatic carbocycles. The smallest absolute Gasteiger partial charge is 0.443 e. The Bertz CT molecular complexity index is 691. The number of nitrogens with zero attached hydrogens (tertiary/aromatic N) is 3. The second kappa shape index (κ2) is 4.68. The van der Waals surface area contributed by atoms with E-state index in [1.807, 2.05) is 19.1 Å². The molecule has 1 atom stereocenters. The van der Waals surface area contributed by atoms with Crippen LogP contribution in [0.4, 0.5) is 6.01 Å². The molecular weight excluding hydrogens is 262 g/mol. The number of aromatic nitrogens is 2. The van der Waals surface area contributed by atoms with Gasteiger partial charge in [0.1, 0.15) is 17.5 Å². The molecule has 7 heteroatoms. The van der Waals surface area contributed by atoms with E-state index in [4.69, 9.17) is 14.0 Å². The molecule has 7 nitrogen and oxygen atoms in total. The molecule has 0 radical (unpaired) electrons. The van der Waals surface area contributed by atoms with E-state index in [0.29, 0.717) is 11.4 Å². The molecule has 0 aliphatic carbocycles. The third-order valence-corrected chi connectivity index (χ3v) is 3.21. The predicted molar refractivity (Wildman–Crippen MR) is 71.3 cm³/mol. The number of ether oxygens (including phenoxy) is 1. The molecule has 106 valence electrons. The van der Waals surface area contributed by atoms with Gasteiger partial charge >= 0.3 is 11.8 Å². The molecule has 1 aliphatic heterocycles. The molecule has 1 aliphatic rings. The summed E-state index contributed by atoms with van der Waals surface area (Å²) in [6.07, 6.45) is 0.913. The van der Waals surface area contributed by atoms with E-state index >= 15 is 0 Å². The number of hydrogen-bond acceptors (Lipinski definition) is 6. The van der Waals surface area contributed by atoms with Crippen molar-refractivity contribution >= 4 is 6.01 Å². The maximum atomic E-state index is 11.9. The van der Waals surface area contributed by atoms with Crippen LogP contribution < -0.4 is 15.6 Å². The lowest BCUT2D eigenvalue weighted by molar-refractivity contribution is 0.167. The van der Waals surface area contributed by atoms with Gasteiger partial charge in [-0.25, -0.2) is 9.86 Å². The van der Waals surface area contributed by atoms with Crippen molar-refractivity contribution in [3.05, 3.63) is 34.3 Å². The Kier molecular flexibility index (Phi) is 2.98. The summed E-state index contributed by atoms with van der Waals surface area (Å²) in [7, 11) is 3.06. The van der Waals surface area contributed by atoms with Crippen LogP contribution in [0.25, 0.3) is 5.69 Å². The summed E-state index contributed by atoms with van der Waals surface area (Å²) in [5.74, 6) is 0.0995. The Morgan fingerprint density at radius 1 is 1.50 bits per heavy atom. The van der Waals surface area contributed by atoms with Crippen molar-refractivity contribution < 1.29 is 14.0 Å². The summed E-state index contributed by atoms with van der Waals surface area (Å²) in [6.45, 7) is 1.99. The first-order valence-electron chi connectivity index (χ1n) is 6.27. The van der Waals surface area contributed by atoms with Crippen LogP contribution in [0.1, 0.15) is 12.5 Å². The van der Waals surface area contributed by atoms with E-state index in [1.165, 1.54) is 16.9 Å². The van der Waals surface area contributed by atoms with Crippen molar-refractivity contribution in [2.24, 2.45) is 0 Å². The van der Waals surface area contributed by atoms with Crippen molar-refractivity contribution in [2.75, 3.05) is 19.2 Å². The molecule has 1 unspecified atom stereocenters. The van der Waals surface area contributed by atoms with Crippen LogP contribution in [-0.2, 0) is 11.3 Å². The number of anilines is 1. The fourth-order valence-electron chi connectivity index (χ4n) is 2.21. The van der Waals surface area contributed by atoms with Crippen LogP contribution in [0, 0.1) is 0 Å². The normalized spacial score (nSPS) is 16.9. The third kappa shape index (κ3) is 1.96. The zero-order valence-electron chi connectivity index (χ0n) is 11.5. The summed E-state index contributed by atoms with van der Waals surface area (Å²) >= 11 is 0. The van der Waals surface area contributed by atoms with Gasteiger partial charge in [-0.2, -0.15) is 4.68 Å². The van der Waals surface area contributed by atoms with Crippen LogP contribution in [0.15, 0.2) is 27.4 Å². The molecule has 0 saturated heterocycles. The van der Waals surface area contributed by atoms with Gasteiger partial charge in [-0.05, 0) is 13.0 Å².